The van der Waals surface area contributed by atoms with E-state index >= 15 is 0 Å². The Kier molecular flexibility index (Phi) is 5.71. The van der Waals surface area contributed by atoms with Gasteiger partial charge in [0, 0.05) is 0 Å². The summed E-state index contributed by atoms with van der Waals surface area (Å²) >= 11 is 0. The van der Waals surface area contributed by atoms with E-state index in [-0.39, 0.29) is 12.2 Å². The van der Waals surface area contributed by atoms with E-state index in [1.54, 1.807) is 0 Å². The molecule has 9 atom stereocenters. The van der Waals surface area contributed by atoms with Gasteiger partial charge in [-0.2, -0.15) is 0 Å². The van der Waals surface area contributed by atoms with Crippen molar-refractivity contribution in [3.63, 3.8) is 0 Å². The van der Waals surface area contributed by atoms with Crippen molar-refractivity contribution in [3.05, 3.63) is 0 Å². The van der Waals surface area contributed by atoms with E-state index in [9.17, 15) is 10.2 Å². The quantitative estimate of drug-likeness (QED) is 0.582. The van der Waals surface area contributed by atoms with Crippen LogP contribution in [0.15, 0.2) is 0 Å². The Bertz CT molecular complexity index is 516. The second-order valence-corrected chi connectivity index (χ2v) is 11.5. The summed E-state index contributed by atoms with van der Waals surface area (Å²) in [6, 6.07) is 0. The number of hydrogen-bond donors (Lipinski definition) is 2. The maximum atomic E-state index is 10.2. The van der Waals surface area contributed by atoms with Crippen LogP contribution < -0.4 is 0 Å². The van der Waals surface area contributed by atoms with Crippen LogP contribution in [0.2, 0.25) is 0 Å². The van der Waals surface area contributed by atoms with Crippen LogP contribution >= 0.6 is 0 Å². The molecule has 4 aliphatic carbocycles. The van der Waals surface area contributed by atoms with Crippen LogP contribution in [0.3, 0.4) is 0 Å². The topological polar surface area (TPSA) is 40.5 Å². The van der Waals surface area contributed by atoms with Gasteiger partial charge in [0.2, 0.25) is 0 Å². The highest BCUT2D eigenvalue weighted by Crippen LogP contribution is 2.67. The lowest BCUT2D eigenvalue weighted by atomic mass is 9.44. The zero-order valence-electron chi connectivity index (χ0n) is 18.1. The molecule has 0 heterocycles. The molecule has 0 aromatic rings. The van der Waals surface area contributed by atoms with Crippen molar-refractivity contribution >= 4 is 0 Å². The molecule has 4 aliphatic rings. The van der Waals surface area contributed by atoms with Crippen molar-refractivity contribution in [2.75, 3.05) is 0 Å². The van der Waals surface area contributed by atoms with Crippen LogP contribution in [-0.2, 0) is 0 Å². The van der Waals surface area contributed by atoms with E-state index in [2.05, 4.69) is 13.8 Å². The number of aliphatic hydroxyl groups excluding tert-OH is 2. The predicted molar refractivity (Wildman–Crippen MR) is 111 cm³/mol. The Labute approximate surface area is 167 Å². The number of unbranched alkanes of at least 4 members (excludes halogenated alkanes) is 1. The summed E-state index contributed by atoms with van der Waals surface area (Å²) in [5, 5.41) is 19.7. The monoisotopic (exact) mass is 376 g/mol. The Morgan fingerprint density at radius 2 is 1.63 bits per heavy atom. The predicted octanol–water partition coefficient (Wildman–Crippen LogP) is 5.95. The maximum absolute atomic E-state index is 10.2. The van der Waals surface area contributed by atoms with Gasteiger partial charge in [0.25, 0.3) is 0 Å². The lowest BCUT2D eigenvalue weighted by Gasteiger charge is -2.61. The van der Waals surface area contributed by atoms with Crippen molar-refractivity contribution < 1.29 is 10.2 Å². The first kappa shape index (κ1) is 20.2. The second-order valence-electron chi connectivity index (χ2n) is 11.5. The molecule has 4 rings (SSSR count). The average Bonchev–Trinajstić information content (AvgIpc) is 2.96. The molecule has 2 nitrogen and oxygen atoms in total. The van der Waals surface area contributed by atoms with Gasteiger partial charge in [-0.15, -0.1) is 0 Å². The van der Waals surface area contributed by atoms with Gasteiger partial charge >= 0.3 is 0 Å². The summed E-state index contributed by atoms with van der Waals surface area (Å²) in [6.45, 7) is 7.18. The molecule has 0 aliphatic heterocycles. The van der Waals surface area contributed by atoms with Gasteiger partial charge in [-0.05, 0) is 118 Å². The van der Waals surface area contributed by atoms with Crippen LogP contribution in [0.4, 0.5) is 0 Å². The zero-order chi connectivity index (χ0) is 19.2. The Balaban J connectivity index is 1.43. The molecule has 0 saturated heterocycles. The van der Waals surface area contributed by atoms with Crippen LogP contribution in [0.1, 0.15) is 104 Å². The molecule has 2 N–H and O–H groups in total. The van der Waals surface area contributed by atoms with Crippen molar-refractivity contribution in [2.45, 2.75) is 116 Å². The van der Waals surface area contributed by atoms with Gasteiger partial charge in [-0.3, -0.25) is 0 Å². The number of aliphatic hydroxyl groups is 2. The number of fused-ring (bicyclic) bond motifs is 5. The van der Waals surface area contributed by atoms with Crippen molar-refractivity contribution in [1.82, 2.24) is 0 Å². The molecule has 156 valence electrons. The summed E-state index contributed by atoms with van der Waals surface area (Å²) in [5.74, 6) is 4.56. The minimum atomic E-state index is -0.128. The minimum Gasteiger partial charge on any atom is -0.393 e. The standard InChI is InChI=1S/C25H44O2/c1-17(26)6-4-5-7-18-9-11-22-21-10-8-19-16-20(27)12-14-25(19,3)23(21)13-15-24(18,22)2/h17-23,26-27H,4-16H2,1-3H3. The zero-order valence-corrected chi connectivity index (χ0v) is 18.1. The minimum absolute atomic E-state index is 0.0222. The highest BCUT2D eigenvalue weighted by Gasteiger charge is 2.59. The molecule has 0 spiro atoms. The fourth-order valence-corrected chi connectivity index (χ4v) is 8.65. The summed E-state index contributed by atoms with van der Waals surface area (Å²) < 4.78 is 0. The fourth-order valence-electron chi connectivity index (χ4n) is 8.65. The maximum Gasteiger partial charge on any atom is 0.0543 e. The van der Waals surface area contributed by atoms with E-state index in [0.717, 1.165) is 48.9 Å². The average molecular weight is 377 g/mol. The second kappa shape index (κ2) is 7.63. The van der Waals surface area contributed by atoms with Gasteiger partial charge in [0.1, 0.15) is 0 Å². The summed E-state index contributed by atoms with van der Waals surface area (Å²) in [7, 11) is 0. The van der Waals surface area contributed by atoms with Gasteiger partial charge in [-0.25, -0.2) is 0 Å². The molecular formula is C25H44O2. The third-order valence-electron chi connectivity index (χ3n) is 10.3. The largest absolute Gasteiger partial charge is 0.393 e. The molecule has 9 unspecified atom stereocenters. The summed E-state index contributed by atoms with van der Waals surface area (Å²) in [4.78, 5) is 0. The lowest BCUT2D eigenvalue weighted by molar-refractivity contribution is -0.127. The third kappa shape index (κ3) is 3.52. The van der Waals surface area contributed by atoms with Gasteiger partial charge in [-0.1, -0.05) is 26.7 Å². The number of rotatable bonds is 5. The van der Waals surface area contributed by atoms with Crippen molar-refractivity contribution in [1.29, 1.82) is 0 Å². The molecular weight excluding hydrogens is 332 g/mol. The fraction of sp³-hybridized carbons (Fsp3) is 1.00. The smallest absolute Gasteiger partial charge is 0.0543 e. The molecule has 4 saturated carbocycles. The van der Waals surface area contributed by atoms with Gasteiger partial charge in [0.05, 0.1) is 12.2 Å². The van der Waals surface area contributed by atoms with Crippen molar-refractivity contribution in [3.8, 4) is 0 Å². The van der Waals surface area contributed by atoms with Crippen LogP contribution in [-0.4, -0.2) is 22.4 Å². The molecule has 0 aromatic carbocycles. The Hall–Kier alpha value is -0.0800. The molecule has 27 heavy (non-hydrogen) atoms. The van der Waals surface area contributed by atoms with Crippen LogP contribution in [0.5, 0.6) is 0 Å². The van der Waals surface area contributed by atoms with E-state index in [1.807, 2.05) is 6.92 Å². The number of hydrogen-bond acceptors (Lipinski definition) is 2. The van der Waals surface area contributed by atoms with E-state index in [1.165, 1.54) is 64.2 Å². The van der Waals surface area contributed by atoms with Crippen molar-refractivity contribution in [2.24, 2.45) is 40.4 Å². The van der Waals surface area contributed by atoms with Gasteiger partial charge < -0.3 is 10.2 Å². The first-order valence-electron chi connectivity index (χ1n) is 12.2. The molecule has 0 radical (unpaired) electrons. The van der Waals surface area contributed by atoms with Crippen LogP contribution in [0.25, 0.3) is 0 Å². The van der Waals surface area contributed by atoms with E-state index < -0.39 is 0 Å². The Morgan fingerprint density at radius 3 is 2.41 bits per heavy atom. The highest BCUT2D eigenvalue weighted by atomic mass is 16.3. The SMILES string of the molecule is CC(O)CCCCC1CCC2C3CCC4CC(O)CCC4(C)C3CCC12C. The molecule has 0 aromatic heterocycles. The Morgan fingerprint density at radius 1 is 0.889 bits per heavy atom. The molecule has 0 bridgehead atoms. The first-order valence-corrected chi connectivity index (χ1v) is 12.2. The third-order valence-corrected chi connectivity index (χ3v) is 10.3. The van der Waals surface area contributed by atoms with Gasteiger partial charge in [0.15, 0.2) is 0 Å². The highest BCUT2D eigenvalue weighted by molar-refractivity contribution is 5.09. The molecule has 0 amide bonds. The molecule has 2 heteroatoms. The van der Waals surface area contributed by atoms with Crippen LogP contribution in [0, 0.1) is 40.4 Å². The summed E-state index contributed by atoms with van der Waals surface area (Å²) in [5.41, 5.74) is 1.10. The normalized spacial score (nSPS) is 50.6. The summed E-state index contributed by atoms with van der Waals surface area (Å²) in [6.07, 6.45) is 16.8. The van der Waals surface area contributed by atoms with E-state index in [0.29, 0.717) is 10.8 Å². The van der Waals surface area contributed by atoms with E-state index in [4.69, 9.17) is 0 Å². The molecule has 4 fully saturated rings. The first-order chi connectivity index (χ1) is 12.8. The lowest BCUT2D eigenvalue weighted by Crippen LogP contribution is -2.53.